The summed E-state index contributed by atoms with van der Waals surface area (Å²) in [4.78, 5) is 13.7. The van der Waals surface area contributed by atoms with Crippen molar-refractivity contribution in [1.82, 2.24) is 4.90 Å². The Hall–Kier alpha value is -2.53. The van der Waals surface area contributed by atoms with Gasteiger partial charge in [0.25, 0.3) is 0 Å². The van der Waals surface area contributed by atoms with E-state index in [0.29, 0.717) is 12.8 Å². The number of benzene rings is 2. The Balaban J connectivity index is 1.66. The van der Waals surface area contributed by atoms with Gasteiger partial charge in [0.1, 0.15) is 0 Å². The number of piperidine rings is 1. The smallest absolute Gasteiger partial charge is 0.306 e. The number of ether oxygens (including phenoxy) is 2. The second-order valence-corrected chi connectivity index (χ2v) is 7.07. The Bertz CT molecular complexity index is 794. The molecule has 0 aliphatic carbocycles. The summed E-state index contributed by atoms with van der Waals surface area (Å²) in [7, 11) is 0. The number of likely N-dealkylation sites (tertiary alicyclic amines) is 1. The molecule has 2 heterocycles. The van der Waals surface area contributed by atoms with E-state index in [1.807, 2.05) is 6.07 Å². The van der Waals surface area contributed by atoms with Gasteiger partial charge in [-0.25, -0.2) is 0 Å². The Morgan fingerprint density at radius 2 is 1.69 bits per heavy atom. The molecule has 4 rings (SSSR count). The second kappa shape index (κ2) is 7.00. The lowest BCUT2D eigenvalue weighted by Gasteiger charge is -2.37. The number of aliphatic carboxylic acids is 1. The molecule has 2 aliphatic heterocycles. The standard InChI is InChI=1S/C21H23NO4/c1-14-2-4-15(5-3-14)20(22-10-8-16(9-11-22)21(23)24)17-6-7-18-19(12-17)26-13-25-18/h2-7,12,16,20H,8-11,13H2,1H3,(H,23,24). The number of carboxylic acids is 1. The molecule has 5 nitrogen and oxygen atoms in total. The molecule has 1 N–H and O–H groups in total. The van der Waals surface area contributed by atoms with E-state index in [-0.39, 0.29) is 18.8 Å². The lowest BCUT2D eigenvalue weighted by molar-refractivity contribution is -0.143. The molecule has 2 aliphatic rings. The maximum absolute atomic E-state index is 11.3. The van der Waals surface area contributed by atoms with Gasteiger partial charge < -0.3 is 14.6 Å². The van der Waals surface area contributed by atoms with Crippen molar-refractivity contribution >= 4 is 5.97 Å². The first-order valence-electron chi connectivity index (χ1n) is 9.05. The molecule has 0 saturated carbocycles. The van der Waals surface area contributed by atoms with Crippen LogP contribution in [0.15, 0.2) is 42.5 Å². The SMILES string of the molecule is Cc1ccc(C(c2ccc3c(c2)OCO3)N2CCC(C(=O)O)CC2)cc1. The van der Waals surface area contributed by atoms with Crippen LogP contribution in [0.2, 0.25) is 0 Å². The third kappa shape index (κ3) is 3.27. The quantitative estimate of drug-likeness (QED) is 0.910. The largest absolute Gasteiger partial charge is 0.481 e. The molecule has 1 fully saturated rings. The van der Waals surface area contributed by atoms with Crippen LogP contribution in [0.25, 0.3) is 0 Å². The molecule has 5 heteroatoms. The van der Waals surface area contributed by atoms with E-state index in [0.717, 1.165) is 30.2 Å². The Morgan fingerprint density at radius 1 is 1.04 bits per heavy atom. The summed E-state index contributed by atoms with van der Waals surface area (Å²) in [5.74, 6) is 0.641. The van der Waals surface area contributed by atoms with Crippen LogP contribution in [0.1, 0.15) is 35.6 Å². The fraction of sp³-hybridized carbons (Fsp3) is 0.381. The van der Waals surface area contributed by atoms with Crippen molar-refractivity contribution in [3.8, 4) is 11.5 Å². The van der Waals surface area contributed by atoms with Gasteiger partial charge in [-0.2, -0.15) is 0 Å². The van der Waals surface area contributed by atoms with Crippen molar-refractivity contribution in [2.75, 3.05) is 19.9 Å². The first-order valence-corrected chi connectivity index (χ1v) is 9.05. The predicted octanol–water partition coefficient (Wildman–Crippen LogP) is 3.61. The van der Waals surface area contributed by atoms with Gasteiger partial charge in [0.05, 0.1) is 12.0 Å². The number of hydrogen-bond donors (Lipinski definition) is 1. The Labute approximate surface area is 153 Å². The number of fused-ring (bicyclic) bond motifs is 1. The van der Waals surface area contributed by atoms with Gasteiger partial charge in [-0.15, -0.1) is 0 Å². The predicted molar refractivity (Wildman–Crippen MR) is 97.5 cm³/mol. The fourth-order valence-electron chi connectivity index (χ4n) is 3.85. The minimum atomic E-state index is -0.681. The Morgan fingerprint density at radius 3 is 2.38 bits per heavy atom. The summed E-state index contributed by atoms with van der Waals surface area (Å²) in [5.41, 5.74) is 3.58. The topological polar surface area (TPSA) is 59.0 Å². The van der Waals surface area contributed by atoms with Crippen LogP contribution in [0, 0.1) is 12.8 Å². The fourth-order valence-corrected chi connectivity index (χ4v) is 3.85. The summed E-state index contributed by atoms with van der Waals surface area (Å²) in [6.45, 7) is 3.88. The van der Waals surface area contributed by atoms with Gasteiger partial charge in [-0.3, -0.25) is 9.69 Å². The van der Waals surface area contributed by atoms with Crippen LogP contribution in [-0.2, 0) is 4.79 Å². The van der Waals surface area contributed by atoms with Crippen molar-refractivity contribution < 1.29 is 19.4 Å². The normalized spacial score (nSPS) is 18.7. The Kier molecular flexibility index (Phi) is 4.55. The molecular formula is C21H23NO4. The third-order valence-corrected chi connectivity index (χ3v) is 5.35. The molecule has 0 amide bonds. The summed E-state index contributed by atoms with van der Waals surface area (Å²) in [5, 5.41) is 9.28. The molecule has 1 unspecified atom stereocenters. The van der Waals surface area contributed by atoms with Gasteiger partial charge in [0.15, 0.2) is 11.5 Å². The zero-order valence-corrected chi connectivity index (χ0v) is 14.9. The zero-order chi connectivity index (χ0) is 18.1. The van der Waals surface area contributed by atoms with Crippen molar-refractivity contribution in [2.45, 2.75) is 25.8 Å². The van der Waals surface area contributed by atoms with E-state index in [9.17, 15) is 9.90 Å². The van der Waals surface area contributed by atoms with E-state index in [2.05, 4.69) is 48.2 Å². The first kappa shape index (κ1) is 16.9. The molecule has 0 aromatic heterocycles. The minimum Gasteiger partial charge on any atom is -0.481 e. The number of carboxylic acid groups (broad SMARTS) is 1. The summed E-state index contributed by atoms with van der Waals surface area (Å²) >= 11 is 0. The van der Waals surface area contributed by atoms with E-state index in [4.69, 9.17) is 9.47 Å². The number of nitrogens with zero attached hydrogens (tertiary/aromatic N) is 1. The van der Waals surface area contributed by atoms with Crippen LogP contribution >= 0.6 is 0 Å². The van der Waals surface area contributed by atoms with E-state index in [1.54, 1.807) is 0 Å². The monoisotopic (exact) mass is 353 g/mol. The molecule has 0 spiro atoms. The molecule has 2 aromatic carbocycles. The maximum Gasteiger partial charge on any atom is 0.306 e. The number of aryl methyl sites for hydroxylation is 1. The molecule has 2 aromatic rings. The van der Waals surface area contributed by atoms with E-state index in [1.165, 1.54) is 11.1 Å². The summed E-state index contributed by atoms with van der Waals surface area (Å²) in [6.07, 6.45) is 1.37. The minimum absolute atomic E-state index is 0.0832. The van der Waals surface area contributed by atoms with Crippen molar-refractivity contribution in [3.63, 3.8) is 0 Å². The molecule has 0 bridgehead atoms. The van der Waals surface area contributed by atoms with Crippen LogP contribution in [0.3, 0.4) is 0 Å². The third-order valence-electron chi connectivity index (χ3n) is 5.35. The van der Waals surface area contributed by atoms with Gasteiger partial charge >= 0.3 is 5.97 Å². The highest BCUT2D eigenvalue weighted by atomic mass is 16.7. The highest BCUT2D eigenvalue weighted by Gasteiger charge is 2.31. The first-order chi connectivity index (χ1) is 12.6. The molecule has 1 saturated heterocycles. The average molecular weight is 353 g/mol. The lowest BCUT2D eigenvalue weighted by atomic mass is 9.91. The number of rotatable bonds is 4. The second-order valence-electron chi connectivity index (χ2n) is 7.07. The van der Waals surface area contributed by atoms with Crippen molar-refractivity contribution in [3.05, 3.63) is 59.2 Å². The summed E-state index contributed by atoms with van der Waals surface area (Å²) < 4.78 is 11.0. The van der Waals surface area contributed by atoms with Gasteiger partial charge in [0, 0.05) is 0 Å². The zero-order valence-electron chi connectivity index (χ0n) is 14.9. The molecule has 136 valence electrons. The van der Waals surface area contributed by atoms with Crippen molar-refractivity contribution in [1.29, 1.82) is 0 Å². The van der Waals surface area contributed by atoms with Crippen LogP contribution < -0.4 is 9.47 Å². The van der Waals surface area contributed by atoms with Crippen molar-refractivity contribution in [2.24, 2.45) is 5.92 Å². The molecular weight excluding hydrogens is 330 g/mol. The maximum atomic E-state index is 11.3. The average Bonchev–Trinajstić information content (AvgIpc) is 3.12. The lowest BCUT2D eigenvalue weighted by Crippen LogP contribution is -2.39. The molecule has 1 atom stereocenters. The van der Waals surface area contributed by atoms with Crippen LogP contribution in [-0.4, -0.2) is 35.9 Å². The van der Waals surface area contributed by atoms with Gasteiger partial charge in [-0.1, -0.05) is 35.9 Å². The highest BCUT2D eigenvalue weighted by Crippen LogP contribution is 2.39. The number of carbonyl (C=O) groups is 1. The van der Waals surface area contributed by atoms with E-state index < -0.39 is 5.97 Å². The number of hydrogen-bond acceptors (Lipinski definition) is 4. The van der Waals surface area contributed by atoms with Crippen LogP contribution in [0.4, 0.5) is 0 Å². The van der Waals surface area contributed by atoms with Gasteiger partial charge in [0.2, 0.25) is 6.79 Å². The van der Waals surface area contributed by atoms with E-state index >= 15 is 0 Å². The molecule has 0 radical (unpaired) electrons. The summed E-state index contributed by atoms with van der Waals surface area (Å²) in [6, 6.07) is 14.8. The van der Waals surface area contributed by atoms with Crippen LogP contribution in [0.5, 0.6) is 11.5 Å². The van der Waals surface area contributed by atoms with Gasteiger partial charge in [-0.05, 0) is 56.1 Å². The molecule has 26 heavy (non-hydrogen) atoms. The highest BCUT2D eigenvalue weighted by molar-refractivity contribution is 5.70.